The highest BCUT2D eigenvalue weighted by Crippen LogP contribution is 2.45. The number of carbonyl (C=O) groups excluding carboxylic acids is 4. The number of ether oxygens (including phenoxy) is 4. The summed E-state index contributed by atoms with van der Waals surface area (Å²) in [5.74, 6) is -0.488. The van der Waals surface area contributed by atoms with Crippen LogP contribution in [-0.2, 0) is 65.4 Å². The van der Waals surface area contributed by atoms with E-state index in [-0.39, 0.29) is 25.7 Å². The molecule has 3 N–H and O–H groups in total. The summed E-state index contributed by atoms with van der Waals surface area (Å²) in [5, 5.41) is 10.6. The Morgan fingerprint density at radius 3 is 0.687 bits per heavy atom. The molecule has 0 aromatic heterocycles. The van der Waals surface area contributed by atoms with Crippen LogP contribution < -0.4 is 0 Å². The highest BCUT2D eigenvalue weighted by atomic mass is 31.2. The Balaban J connectivity index is 5.21. The maximum atomic E-state index is 13.1. The number of rotatable bonds is 79. The number of hydrogen-bond acceptors (Lipinski definition) is 15. The molecule has 0 aliphatic heterocycles. The van der Waals surface area contributed by atoms with Gasteiger partial charge < -0.3 is 33.8 Å². The first kappa shape index (κ1) is 97.1. The Kier molecular flexibility index (Phi) is 70.3. The second-order valence-corrected chi connectivity index (χ2v) is 32.7. The monoisotopic (exact) mass is 1450 g/mol. The smallest absolute Gasteiger partial charge is 0.462 e. The first-order chi connectivity index (χ1) is 47.9. The lowest BCUT2D eigenvalue weighted by molar-refractivity contribution is -0.161. The van der Waals surface area contributed by atoms with Crippen molar-refractivity contribution in [3.63, 3.8) is 0 Å². The summed E-state index contributed by atoms with van der Waals surface area (Å²) in [6.07, 6.45) is 61.0. The van der Waals surface area contributed by atoms with E-state index in [0.717, 1.165) is 102 Å². The van der Waals surface area contributed by atoms with E-state index in [1.807, 2.05) is 0 Å². The van der Waals surface area contributed by atoms with Crippen LogP contribution in [0, 0.1) is 11.8 Å². The molecule has 99 heavy (non-hydrogen) atoms. The molecule has 0 aliphatic carbocycles. The number of phosphoric ester groups is 2. The van der Waals surface area contributed by atoms with Crippen LogP contribution in [0.4, 0.5) is 0 Å². The van der Waals surface area contributed by atoms with Crippen molar-refractivity contribution in [2.24, 2.45) is 11.8 Å². The molecule has 0 fully saturated rings. The number of aliphatic hydroxyl groups excluding tert-OH is 1. The largest absolute Gasteiger partial charge is 0.472 e. The summed E-state index contributed by atoms with van der Waals surface area (Å²) in [7, 11) is -9.91. The van der Waals surface area contributed by atoms with Crippen LogP contribution >= 0.6 is 15.6 Å². The van der Waals surface area contributed by atoms with Gasteiger partial charge in [-0.2, -0.15) is 0 Å². The second kappa shape index (κ2) is 71.7. The second-order valence-electron chi connectivity index (χ2n) is 29.8. The predicted molar refractivity (Wildman–Crippen MR) is 405 cm³/mol. The van der Waals surface area contributed by atoms with Crippen LogP contribution in [0.1, 0.15) is 420 Å². The lowest BCUT2D eigenvalue weighted by Gasteiger charge is -2.21. The van der Waals surface area contributed by atoms with E-state index in [4.69, 9.17) is 37.0 Å². The SMILES string of the molecule is CCCCCCCCCCCCCC(=O)O[C@H](COC(=O)CCCCCCCCCCCC)COP(=O)(O)OC[C@H](O)COP(=O)(O)OC[C@@H](COC(=O)CCCCCCCCCCCCCCCCCCC(C)C)OC(=O)CCCCCCCCCCCCCCCCCCC(C)C. The van der Waals surface area contributed by atoms with Crippen LogP contribution in [0.2, 0.25) is 0 Å². The number of unbranched alkanes of at least 4 members (excludes halogenated alkanes) is 49. The van der Waals surface area contributed by atoms with Gasteiger partial charge in [0.2, 0.25) is 0 Å². The summed E-state index contributed by atoms with van der Waals surface area (Å²) in [6, 6.07) is 0. The summed E-state index contributed by atoms with van der Waals surface area (Å²) < 4.78 is 68.6. The summed E-state index contributed by atoms with van der Waals surface area (Å²) in [4.78, 5) is 72.9. The fraction of sp³-hybridized carbons (Fsp3) is 0.950. The molecule has 0 saturated heterocycles. The molecule has 0 amide bonds. The average Bonchev–Trinajstić information content (AvgIpc) is 0.962. The fourth-order valence-corrected chi connectivity index (χ4v) is 13.9. The minimum absolute atomic E-state index is 0.107. The predicted octanol–water partition coefficient (Wildman–Crippen LogP) is 23.9. The zero-order chi connectivity index (χ0) is 72.8. The van der Waals surface area contributed by atoms with Gasteiger partial charge in [0.15, 0.2) is 12.2 Å². The van der Waals surface area contributed by atoms with Crippen LogP contribution in [-0.4, -0.2) is 96.7 Å². The molecule has 5 atom stereocenters. The molecule has 0 aromatic carbocycles. The Bertz CT molecular complexity index is 1910. The third-order valence-electron chi connectivity index (χ3n) is 18.7. The van der Waals surface area contributed by atoms with E-state index in [1.54, 1.807) is 0 Å². The van der Waals surface area contributed by atoms with Gasteiger partial charge in [0, 0.05) is 25.7 Å². The van der Waals surface area contributed by atoms with Crippen molar-refractivity contribution >= 4 is 39.5 Å². The molecule has 0 bridgehead atoms. The number of esters is 4. The van der Waals surface area contributed by atoms with E-state index >= 15 is 0 Å². The Morgan fingerprint density at radius 2 is 0.465 bits per heavy atom. The molecule has 17 nitrogen and oxygen atoms in total. The number of hydrogen-bond donors (Lipinski definition) is 3. The number of phosphoric acid groups is 2. The Hall–Kier alpha value is -1.94. The van der Waals surface area contributed by atoms with Gasteiger partial charge in [-0.1, -0.05) is 369 Å². The van der Waals surface area contributed by atoms with Gasteiger partial charge in [0.1, 0.15) is 19.3 Å². The molecule has 0 heterocycles. The molecule has 0 spiro atoms. The van der Waals surface area contributed by atoms with E-state index < -0.39 is 97.5 Å². The molecule has 0 aliphatic rings. The zero-order valence-corrected chi connectivity index (χ0v) is 66.6. The normalized spacial score (nSPS) is 13.9. The van der Waals surface area contributed by atoms with Crippen LogP contribution in [0.15, 0.2) is 0 Å². The summed E-state index contributed by atoms with van der Waals surface area (Å²) in [5.41, 5.74) is 0. The number of carbonyl (C=O) groups is 4. The minimum Gasteiger partial charge on any atom is -0.462 e. The summed E-state index contributed by atoms with van der Waals surface area (Å²) >= 11 is 0. The average molecular weight is 1450 g/mol. The van der Waals surface area contributed by atoms with Crippen molar-refractivity contribution in [3.05, 3.63) is 0 Å². The quantitative estimate of drug-likeness (QED) is 0.0222. The molecule has 0 radical (unpaired) electrons. The van der Waals surface area contributed by atoms with E-state index in [0.29, 0.717) is 25.7 Å². The Labute approximate surface area is 607 Å². The third-order valence-corrected chi connectivity index (χ3v) is 20.6. The Morgan fingerprint density at radius 1 is 0.273 bits per heavy atom. The zero-order valence-electron chi connectivity index (χ0n) is 64.8. The fourth-order valence-electron chi connectivity index (χ4n) is 12.4. The lowest BCUT2D eigenvalue weighted by atomic mass is 10.0. The van der Waals surface area contributed by atoms with Crippen molar-refractivity contribution in [2.75, 3.05) is 39.6 Å². The molecule has 0 aromatic rings. The maximum absolute atomic E-state index is 13.1. The lowest BCUT2D eigenvalue weighted by Crippen LogP contribution is -2.30. The van der Waals surface area contributed by atoms with Gasteiger partial charge in [-0.05, 0) is 37.5 Å². The molecule has 19 heteroatoms. The molecule has 0 rings (SSSR count). The van der Waals surface area contributed by atoms with E-state index in [9.17, 15) is 43.2 Å². The van der Waals surface area contributed by atoms with Crippen molar-refractivity contribution in [3.8, 4) is 0 Å². The molecular weight excluding hydrogens is 1290 g/mol. The highest BCUT2D eigenvalue weighted by Gasteiger charge is 2.30. The van der Waals surface area contributed by atoms with Gasteiger partial charge in [-0.15, -0.1) is 0 Å². The van der Waals surface area contributed by atoms with Gasteiger partial charge in [0.25, 0.3) is 0 Å². The molecular formula is C80H156O17P2. The van der Waals surface area contributed by atoms with E-state index in [2.05, 4.69) is 41.5 Å². The van der Waals surface area contributed by atoms with Crippen molar-refractivity contribution in [2.45, 2.75) is 439 Å². The highest BCUT2D eigenvalue weighted by molar-refractivity contribution is 7.47. The van der Waals surface area contributed by atoms with Gasteiger partial charge in [0.05, 0.1) is 26.4 Å². The number of aliphatic hydroxyl groups is 1. The first-order valence-corrected chi connectivity index (χ1v) is 44.5. The molecule has 0 saturated carbocycles. The topological polar surface area (TPSA) is 237 Å². The van der Waals surface area contributed by atoms with Crippen molar-refractivity contribution < 1.29 is 80.2 Å². The maximum Gasteiger partial charge on any atom is 0.472 e. The summed E-state index contributed by atoms with van der Waals surface area (Å²) in [6.45, 7) is 9.68. The van der Waals surface area contributed by atoms with Crippen molar-refractivity contribution in [1.29, 1.82) is 0 Å². The molecule has 2 unspecified atom stereocenters. The van der Waals surface area contributed by atoms with Gasteiger partial charge in [-0.3, -0.25) is 37.3 Å². The third kappa shape index (κ3) is 74.1. The van der Waals surface area contributed by atoms with Crippen molar-refractivity contribution in [1.82, 2.24) is 0 Å². The molecule has 588 valence electrons. The van der Waals surface area contributed by atoms with Crippen LogP contribution in [0.5, 0.6) is 0 Å². The standard InChI is InChI=1S/C80H156O17P2/c1-7-9-11-13-15-17-31-40-46-52-58-64-79(84)96-75(68-90-77(82)62-56-50-44-38-18-16-14-12-10-8-2)70-94-98(86,87)92-66-74(81)67-93-99(88,89)95-71-76(97-80(85)65-59-53-47-41-35-30-26-22-20-24-28-33-37-43-49-55-61-73(5)6)69-91-78(83)63-57-51-45-39-34-29-25-21-19-23-27-32-36-42-48-54-60-72(3)4/h72-76,81H,7-71H2,1-6H3,(H,86,87)(H,88,89)/t74-,75+,76+/m0/s1. The van der Waals surface area contributed by atoms with E-state index in [1.165, 1.54) is 238 Å². The first-order valence-electron chi connectivity index (χ1n) is 41.5. The van der Waals surface area contributed by atoms with Gasteiger partial charge in [-0.25, -0.2) is 9.13 Å². The van der Waals surface area contributed by atoms with Crippen LogP contribution in [0.25, 0.3) is 0 Å². The van der Waals surface area contributed by atoms with Gasteiger partial charge >= 0.3 is 39.5 Å². The van der Waals surface area contributed by atoms with Crippen LogP contribution in [0.3, 0.4) is 0 Å². The minimum atomic E-state index is -4.96.